The van der Waals surface area contributed by atoms with E-state index in [0.717, 1.165) is 64.7 Å². The van der Waals surface area contributed by atoms with Crippen LogP contribution in [0.1, 0.15) is 49.5 Å². The predicted octanol–water partition coefficient (Wildman–Crippen LogP) is 5.80. The smallest absolute Gasteiger partial charge is 0.253 e. The molecule has 1 amide bonds. The first-order valence-corrected chi connectivity index (χ1v) is 12.7. The molecule has 0 aliphatic heterocycles. The molecule has 36 heavy (non-hydrogen) atoms. The Kier molecular flexibility index (Phi) is 6.82. The van der Waals surface area contributed by atoms with Crippen LogP contribution in [-0.4, -0.2) is 38.7 Å². The average Bonchev–Trinajstić information content (AvgIpc) is 3.51. The van der Waals surface area contributed by atoms with Gasteiger partial charge >= 0.3 is 0 Å². The molecule has 0 aliphatic carbocycles. The fourth-order valence-corrected chi connectivity index (χ4v) is 4.71. The van der Waals surface area contributed by atoms with E-state index >= 15 is 0 Å². The van der Waals surface area contributed by atoms with E-state index in [4.69, 9.17) is 0 Å². The van der Waals surface area contributed by atoms with Gasteiger partial charge in [0, 0.05) is 40.6 Å². The topological polar surface area (TPSA) is 98.5 Å². The first-order chi connectivity index (χ1) is 17.6. The molecule has 4 N–H and O–H groups in total. The molecule has 5 rings (SSSR count). The average molecular weight is 481 g/mol. The summed E-state index contributed by atoms with van der Waals surface area (Å²) < 4.78 is 0. The number of carbonyl (C=O) groups excluding carboxylic acids is 1. The normalized spacial score (nSPS) is 11.6. The van der Waals surface area contributed by atoms with Crippen molar-refractivity contribution in [3.05, 3.63) is 71.9 Å². The van der Waals surface area contributed by atoms with Crippen molar-refractivity contribution >= 4 is 27.8 Å². The van der Waals surface area contributed by atoms with Gasteiger partial charge in [0.1, 0.15) is 0 Å². The van der Waals surface area contributed by atoms with Crippen molar-refractivity contribution in [2.45, 2.75) is 46.2 Å². The molecule has 3 aromatic heterocycles. The van der Waals surface area contributed by atoms with Gasteiger partial charge in [0.25, 0.3) is 5.91 Å². The summed E-state index contributed by atoms with van der Waals surface area (Å²) in [7, 11) is 0. The Labute approximate surface area is 210 Å². The molecule has 5 aromatic rings. The summed E-state index contributed by atoms with van der Waals surface area (Å²) in [5.74, 6) is -0.113. The number of hydrogen-bond donors (Lipinski definition) is 4. The number of H-pyrrole nitrogens is 2. The SMILES string of the molecule is CCNCc1cccc(-c2c(-c3[nH]nc4ncc(C(=O)NC(CC)CC)cc34)[nH]c3ccccc23)c1. The summed E-state index contributed by atoms with van der Waals surface area (Å²) in [5, 5.41) is 16.1. The predicted molar refractivity (Wildman–Crippen MR) is 146 cm³/mol. The zero-order valence-corrected chi connectivity index (χ0v) is 21.0. The zero-order chi connectivity index (χ0) is 25.1. The molecule has 184 valence electrons. The first-order valence-electron chi connectivity index (χ1n) is 12.7. The van der Waals surface area contributed by atoms with Crippen LogP contribution < -0.4 is 10.6 Å². The Morgan fingerprint density at radius 2 is 1.81 bits per heavy atom. The fraction of sp³-hybridized carbons (Fsp3) is 0.276. The minimum absolute atomic E-state index is 0.113. The monoisotopic (exact) mass is 480 g/mol. The van der Waals surface area contributed by atoms with Crippen molar-refractivity contribution in [1.29, 1.82) is 0 Å². The van der Waals surface area contributed by atoms with Crippen molar-refractivity contribution in [3.8, 4) is 22.5 Å². The molecule has 0 aliphatic rings. The lowest BCUT2D eigenvalue weighted by Crippen LogP contribution is -2.33. The Morgan fingerprint density at radius 1 is 0.972 bits per heavy atom. The molecule has 0 spiro atoms. The number of nitrogens with one attached hydrogen (secondary N) is 4. The zero-order valence-electron chi connectivity index (χ0n) is 21.0. The second-order valence-electron chi connectivity index (χ2n) is 9.08. The molecule has 0 unspecified atom stereocenters. The summed E-state index contributed by atoms with van der Waals surface area (Å²) in [6, 6.07) is 18.9. The van der Waals surface area contributed by atoms with Crippen LogP contribution in [0.4, 0.5) is 0 Å². The van der Waals surface area contributed by atoms with E-state index in [1.807, 2.05) is 12.1 Å². The van der Waals surface area contributed by atoms with E-state index < -0.39 is 0 Å². The molecule has 7 nitrogen and oxygen atoms in total. The Bertz CT molecular complexity index is 1510. The third kappa shape index (κ3) is 4.50. The third-order valence-corrected chi connectivity index (χ3v) is 6.74. The van der Waals surface area contributed by atoms with Crippen LogP contribution in [0.3, 0.4) is 0 Å². The minimum atomic E-state index is -0.113. The van der Waals surface area contributed by atoms with Crippen LogP contribution in [-0.2, 0) is 6.54 Å². The fourth-order valence-electron chi connectivity index (χ4n) is 4.71. The van der Waals surface area contributed by atoms with Crippen molar-refractivity contribution in [2.24, 2.45) is 0 Å². The lowest BCUT2D eigenvalue weighted by atomic mass is 9.98. The molecule has 7 heteroatoms. The van der Waals surface area contributed by atoms with Gasteiger partial charge < -0.3 is 15.6 Å². The molecular weight excluding hydrogens is 448 g/mol. The number of aromatic nitrogens is 4. The molecule has 0 atom stereocenters. The maximum absolute atomic E-state index is 12.9. The number of benzene rings is 2. The highest BCUT2D eigenvalue weighted by atomic mass is 16.1. The van der Waals surface area contributed by atoms with Gasteiger partial charge in [0.05, 0.1) is 17.0 Å². The van der Waals surface area contributed by atoms with Crippen LogP contribution >= 0.6 is 0 Å². The first kappa shape index (κ1) is 23.8. The van der Waals surface area contributed by atoms with Gasteiger partial charge in [-0.05, 0) is 48.7 Å². The van der Waals surface area contributed by atoms with Gasteiger partial charge in [-0.1, -0.05) is 57.2 Å². The molecule has 0 fully saturated rings. The quantitative estimate of drug-likeness (QED) is 0.214. The maximum Gasteiger partial charge on any atom is 0.253 e. The Morgan fingerprint density at radius 3 is 2.61 bits per heavy atom. The summed E-state index contributed by atoms with van der Waals surface area (Å²) >= 11 is 0. The Hall–Kier alpha value is -3.97. The number of pyridine rings is 1. The largest absolute Gasteiger partial charge is 0.353 e. The molecule has 0 radical (unpaired) electrons. The number of carbonyl (C=O) groups is 1. The van der Waals surface area contributed by atoms with Crippen molar-refractivity contribution < 1.29 is 4.79 Å². The molecule has 3 heterocycles. The van der Waals surface area contributed by atoms with Crippen molar-refractivity contribution in [2.75, 3.05) is 6.54 Å². The van der Waals surface area contributed by atoms with E-state index in [1.165, 1.54) is 5.56 Å². The summed E-state index contributed by atoms with van der Waals surface area (Å²) in [6.45, 7) is 8.00. The van der Waals surface area contributed by atoms with Gasteiger partial charge in [-0.3, -0.25) is 9.89 Å². The number of para-hydroxylation sites is 1. The summed E-state index contributed by atoms with van der Waals surface area (Å²) in [6.07, 6.45) is 3.38. The van der Waals surface area contributed by atoms with E-state index in [9.17, 15) is 4.79 Å². The third-order valence-electron chi connectivity index (χ3n) is 6.74. The summed E-state index contributed by atoms with van der Waals surface area (Å²) in [5.41, 5.74) is 7.34. The Balaban J connectivity index is 1.64. The van der Waals surface area contributed by atoms with Crippen LogP contribution in [0, 0.1) is 0 Å². The number of hydrogen-bond acceptors (Lipinski definition) is 4. The number of aromatic amines is 2. The molecule has 0 bridgehead atoms. The van der Waals surface area contributed by atoms with E-state index in [-0.39, 0.29) is 11.9 Å². The number of amides is 1. The second kappa shape index (κ2) is 10.3. The molecular formula is C29H32N6O. The molecule has 0 saturated heterocycles. The highest BCUT2D eigenvalue weighted by molar-refractivity contribution is 6.07. The van der Waals surface area contributed by atoms with E-state index in [2.05, 4.69) is 94.0 Å². The lowest BCUT2D eigenvalue weighted by molar-refractivity contribution is 0.0934. The minimum Gasteiger partial charge on any atom is -0.353 e. The van der Waals surface area contributed by atoms with Gasteiger partial charge in [-0.2, -0.15) is 5.10 Å². The van der Waals surface area contributed by atoms with E-state index in [0.29, 0.717) is 11.2 Å². The number of rotatable bonds is 9. The second-order valence-corrected chi connectivity index (χ2v) is 9.08. The molecule has 2 aromatic carbocycles. The standard InChI is InChI=1S/C29H32N6O/c1-4-21(5-2)32-29(36)20-15-23-26(34-35-28(23)31-17-20)27-25(22-12-7-8-13-24(22)33-27)19-11-9-10-18(14-19)16-30-6-3/h7-15,17,21,30,33H,4-6,16H2,1-3H3,(H,32,36)(H,31,34,35). The van der Waals surface area contributed by atoms with E-state index in [1.54, 1.807) is 6.20 Å². The number of fused-ring (bicyclic) bond motifs is 2. The van der Waals surface area contributed by atoms with Crippen LogP contribution in [0.5, 0.6) is 0 Å². The van der Waals surface area contributed by atoms with Gasteiger partial charge in [0.2, 0.25) is 0 Å². The van der Waals surface area contributed by atoms with Gasteiger partial charge in [-0.15, -0.1) is 0 Å². The highest BCUT2D eigenvalue weighted by Crippen LogP contribution is 2.40. The van der Waals surface area contributed by atoms with Crippen molar-refractivity contribution in [1.82, 2.24) is 30.8 Å². The molecule has 0 saturated carbocycles. The van der Waals surface area contributed by atoms with Crippen LogP contribution in [0.25, 0.3) is 44.5 Å². The van der Waals surface area contributed by atoms with Gasteiger partial charge in [-0.25, -0.2) is 4.98 Å². The summed E-state index contributed by atoms with van der Waals surface area (Å²) in [4.78, 5) is 21.0. The van der Waals surface area contributed by atoms with Crippen LogP contribution in [0.15, 0.2) is 60.8 Å². The van der Waals surface area contributed by atoms with Gasteiger partial charge in [0.15, 0.2) is 5.65 Å². The highest BCUT2D eigenvalue weighted by Gasteiger charge is 2.21. The maximum atomic E-state index is 12.9. The lowest BCUT2D eigenvalue weighted by Gasteiger charge is -2.14. The van der Waals surface area contributed by atoms with Crippen LogP contribution in [0.2, 0.25) is 0 Å². The number of nitrogens with zero attached hydrogens (tertiary/aromatic N) is 2. The van der Waals surface area contributed by atoms with Crippen molar-refractivity contribution in [3.63, 3.8) is 0 Å².